The number of ether oxygens (including phenoxy) is 2. The highest BCUT2D eigenvalue weighted by molar-refractivity contribution is 9.10. The van der Waals surface area contributed by atoms with Crippen molar-refractivity contribution in [2.75, 3.05) is 7.11 Å². The highest BCUT2D eigenvalue weighted by Gasteiger charge is 2.50. The Morgan fingerprint density at radius 3 is 2.30 bits per heavy atom. The van der Waals surface area contributed by atoms with Crippen LogP contribution in [0.2, 0.25) is 0 Å². The Bertz CT molecular complexity index is 896. The molecule has 3 nitrogen and oxygen atoms in total. The summed E-state index contributed by atoms with van der Waals surface area (Å²) < 4.78 is 26.4. The van der Waals surface area contributed by atoms with Crippen molar-refractivity contribution in [3.05, 3.63) is 57.8 Å². The van der Waals surface area contributed by atoms with Crippen LogP contribution in [0.4, 0.5) is 4.39 Å². The van der Waals surface area contributed by atoms with Crippen LogP contribution in [0.3, 0.4) is 0 Å². The van der Waals surface area contributed by atoms with E-state index < -0.39 is 0 Å². The van der Waals surface area contributed by atoms with Crippen LogP contribution in [0.5, 0.6) is 11.5 Å². The number of methoxy groups -OCH3 is 1. The van der Waals surface area contributed by atoms with Crippen molar-refractivity contribution in [1.29, 1.82) is 0 Å². The molecule has 0 aromatic heterocycles. The van der Waals surface area contributed by atoms with Crippen molar-refractivity contribution in [3.8, 4) is 11.5 Å². The van der Waals surface area contributed by atoms with Crippen molar-refractivity contribution < 1.29 is 13.9 Å². The maximum atomic E-state index is 13.9. The second-order valence-corrected chi connectivity index (χ2v) is 10.4. The van der Waals surface area contributed by atoms with Gasteiger partial charge in [-0.15, -0.1) is 0 Å². The Hall–Kier alpha value is -1.59. The molecule has 6 rings (SSSR count). The molecule has 0 saturated heterocycles. The SMILES string of the molecule is COc1cc(CNC23CC4CC(CC(C4)C2)C3)c(Br)cc1OCc1ccccc1F. The van der Waals surface area contributed by atoms with E-state index in [4.69, 9.17) is 9.47 Å². The van der Waals surface area contributed by atoms with Crippen LogP contribution in [0.1, 0.15) is 49.7 Å². The van der Waals surface area contributed by atoms with Gasteiger partial charge in [0, 0.05) is 22.1 Å². The van der Waals surface area contributed by atoms with Gasteiger partial charge in [-0.2, -0.15) is 0 Å². The molecule has 0 atom stereocenters. The highest BCUT2D eigenvalue weighted by atomic mass is 79.9. The number of hydrogen-bond acceptors (Lipinski definition) is 3. The Balaban J connectivity index is 1.29. The molecule has 4 aliphatic carbocycles. The predicted octanol–water partition coefficient (Wildman–Crippen LogP) is 6.23. The summed E-state index contributed by atoms with van der Waals surface area (Å²) in [4.78, 5) is 0. The molecule has 1 N–H and O–H groups in total. The lowest BCUT2D eigenvalue weighted by molar-refractivity contribution is -0.0206. The van der Waals surface area contributed by atoms with E-state index in [9.17, 15) is 4.39 Å². The molecule has 0 spiro atoms. The van der Waals surface area contributed by atoms with E-state index in [1.807, 2.05) is 18.2 Å². The summed E-state index contributed by atoms with van der Waals surface area (Å²) in [5.74, 6) is 3.82. The summed E-state index contributed by atoms with van der Waals surface area (Å²) in [5.41, 5.74) is 2.02. The molecular weight excluding hydrogens is 445 g/mol. The van der Waals surface area contributed by atoms with Crippen molar-refractivity contribution in [2.24, 2.45) is 17.8 Å². The van der Waals surface area contributed by atoms with Crippen molar-refractivity contribution >= 4 is 15.9 Å². The van der Waals surface area contributed by atoms with Crippen LogP contribution >= 0.6 is 15.9 Å². The summed E-state index contributed by atoms with van der Waals surface area (Å²) in [7, 11) is 1.65. The molecule has 5 heteroatoms. The van der Waals surface area contributed by atoms with Crippen LogP contribution in [0.15, 0.2) is 40.9 Å². The first-order chi connectivity index (χ1) is 14.5. The van der Waals surface area contributed by atoms with Gasteiger partial charge in [0.15, 0.2) is 11.5 Å². The van der Waals surface area contributed by atoms with Crippen molar-refractivity contribution in [3.63, 3.8) is 0 Å². The molecule has 160 valence electrons. The number of nitrogens with one attached hydrogen (secondary N) is 1. The van der Waals surface area contributed by atoms with Crippen molar-refractivity contribution in [1.82, 2.24) is 5.32 Å². The average molecular weight is 474 g/mol. The van der Waals surface area contributed by atoms with Gasteiger partial charge in [-0.05, 0) is 80.0 Å². The molecule has 0 radical (unpaired) electrons. The van der Waals surface area contributed by atoms with Gasteiger partial charge in [-0.25, -0.2) is 4.39 Å². The Labute approximate surface area is 186 Å². The molecular formula is C25H29BrFNO2. The lowest BCUT2D eigenvalue weighted by Gasteiger charge is -2.57. The molecule has 4 aliphatic rings. The van der Waals surface area contributed by atoms with E-state index in [1.165, 1.54) is 50.2 Å². The smallest absolute Gasteiger partial charge is 0.162 e. The summed E-state index contributed by atoms with van der Waals surface area (Å²) >= 11 is 3.71. The molecule has 0 aliphatic heterocycles. The minimum Gasteiger partial charge on any atom is -0.493 e. The fourth-order valence-electron chi connectivity index (χ4n) is 6.37. The van der Waals surface area contributed by atoms with Gasteiger partial charge in [0.2, 0.25) is 0 Å². The summed E-state index contributed by atoms with van der Waals surface area (Å²) in [6.07, 6.45) is 8.35. The van der Waals surface area contributed by atoms with E-state index in [0.29, 0.717) is 22.6 Å². The van der Waals surface area contributed by atoms with Crippen molar-refractivity contribution in [2.45, 2.75) is 57.2 Å². The number of benzene rings is 2. The largest absolute Gasteiger partial charge is 0.493 e. The van der Waals surface area contributed by atoms with Gasteiger partial charge in [0.1, 0.15) is 12.4 Å². The molecule has 4 saturated carbocycles. The fourth-order valence-corrected chi connectivity index (χ4v) is 6.83. The lowest BCUT2D eigenvalue weighted by atomic mass is 9.53. The van der Waals surface area contributed by atoms with E-state index >= 15 is 0 Å². The summed E-state index contributed by atoms with van der Waals surface area (Å²) in [6.45, 7) is 0.983. The topological polar surface area (TPSA) is 30.5 Å². The third-order valence-electron chi connectivity index (χ3n) is 7.37. The highest BCUT2D eigenvalue weighted by Crippen LogP contribution is 2.55. The first-order valence-electron chi connectivity index (χ1n) is 11.0. The molecule has 2 aromatic rings. The van der Waals surface area contributed by atoms with E-state index in [2.05, 4.69) is 21.2 Å². The molecule has 4 fully saturated rings. The zero-order valence-corrected chi connectivity index (χ0v) is 19.0. The van der Waals surface area contributed by atoms with Gasteiger partial charge in [-0.3, -0.25) is 0 Å². The minimum atomic E-state index is -0.257. The third-order valence-corrected chi connectivity index (χ3v) is 8.10. The first-order valence-corrected chi connectivity index (χ1v) is 11.8. The predicted molar refractivity (Wildman–Crippen MR) is 119 cm³/mol. The van der Waals surface area contributed by atoms with Gasteiger partial charge < -0.3 is 14.8 Å². The maximum Gasteiger partial charge on any atom is 0.162 e. The first kappa shape index (κ1) is 20.3. The second kappa shape index (κ2) is 8.16. The van der Waals surface area contributed by atoms with Crippen LogP contribution in [-0.2, 0) is 13.2 Å². The standard InChI is InChI=1S/C25H29BrFNO2/c1-29-23-9-20(14-28-25-11-16-6-17(12-25)8-18(7-16)13-25)21(26)10-24(23)30-15-19-4-2-3-5-22(19)27/h2-5,9-10,16-18,28H,6-8,11-15H2,1H3. The van der Waals surface area contributed by atoms with E-state index in [0.717, 1.165) is 28.8 Å². The third kappa shape index (κ3) is 3.99. The molecule has 4 bridgehead atoms. The number of hydrogen-bond donors (Lipinski definition) is 1. The normalized spacial score (nSPS) is 29.2. The van der Waals surface area contributed by atoms with Gasteiger partial charge in [0.05, 0.1) is 7.11 Å². The van der Waals surface area contributed by atoms with Gasteiger partial charge in [-0.1, -0.05) is 34.1 Å². The second-order valence-electron chi connectivity index (χ2n) is 9.53. The monoisotopic (exact) mass is 473 g/mol. The fraction of sp³-hybridized carbons (Fsp3) is 0.520. The summed E-state index contributed by atoms with van der Waals surface area (Å²) in [5, 5.41) is 3.94. The molecule has 30 heavy (non-hydrogen) atoms. The maximum absolute atomic E-state index is 13.9. The van der Waals surface area contributed by atoms with Crippen LogP contribution < -0.4 is 14.8 Å². The number of halogens is 2. The quantitative estimate of drug-likeness (QED) is 0.516. The van der Waals surface area contributed by atoms with Gasteiger partial charge >= 0.3 is 0 Å². The Morgan fingerprint density at radius 1 is 1.00 bits per heavy atom. The average Bonchev–Trinajstić information content (AvgIpc) is 2.71. The molecule has 0 amide bonds. The van der Waals surface area contributed by atoms with Crippen LogP contribution in [0, 0.1) is 23.6 Å². The summed E-state index contributed by atoms with van der Waals surface area (Å²) in [6, 6.07) is 10.7. The number of rotatable bonds is 7. The van der Waals surface area contributed by atoms with Crippen LogP contribution in [-0.4, -0.2) is 12.6 Å². The minimum absolute atomic E-state index is 0.167. The van der Waals surface area contributed by atoms with E-state index in [-0.39, 0.29) is 12.4 Å². The Kier molecular flexibility index (Phi) is 5.53. The molecule has 0 unspecified atom stereocenters. The Morgan fingerprint density at radius 2 is 1.67 bits per heavy atom. The zero-order chi connectivity index (χ0) is 20.7. The van der Waals surface area contributed by atoms with E-state index in [1.54, 1.807) is 19.2 Å². The molecule has 0 heterocycles. The zero-order valence-electron chi connectivity index (χ0n) is 17.4. The van der Waals surface area contributed by atoms with Crippen LogP contribution in [0.25, 0.3) is 0 Å². The lowest BCUT2D eigenvalue weighted by Crippen LogP contribution is -2.58. The molecule has 2 aromatic carbocycles. The van der Waals surface area contributed by atoms with Gasteiger partial charge in [0.25, 0.3) is 0 Å².